The fraction of sp³-hybridized carbons (Fsp3) is 0.464. The predicted molar refractivity (Wildman–Crippen MR) is 126 cm³/mol. The number of hydrogen-bond donors (Lipinski definition) is 0. The van der Waals surface area contributed by atoms with Crippen LogP contribution < -0.4 is 4.57 Å². The van der Waals surface area contributed by atoms with Crippen LogP contribution in [-0.2, 0) is 6.42 Å². The Morgan fingerprint density at radius 3 is 1.93 bits per heavy atom. The molecule has 1 aromatic heterocycles. The minimum atomic E-state index is 0.486. The van der Waals surface area contributed by atoms with Crippen molar-refractivity contribution < 1.29 is 4.57 Å². The average Bonchev–Trinajstić information content (AvgIpc) is 3.03. The molecule has 0 saturated carbocycles. The van der Waals surface area contributed by atoms with E-state index in [2.05, 4.69) is 107 Å². The molecule has 2 nitrogen and oxygen atoms in total. The van der Waals surface area contributed by atoms with Gasteiger partial charge in [0.1, 0.15) is 17.1 Å². The molecular formula is C28H37N2+. The number of para-hydroxylation sites is 2. The molecule has 0 amide bonds. The van der Waals surface area contributed by atoms with Gasteiger partial charge in [0.05, 0.1) is 0 Å². The van der Waals surface area contributed by atoms with Crippen molar-refractivity contribution in [1.29, 1.82) is 0 Å². The van der Waals surface area contributed by atoms with Crippen LogP contribution in [0, 0.1) is 6.92 Å². The topological polar surface area (TPSA) is 8.81 Å². The highest BCUT2D eigenvalue weighted by Gasteiger charge is 2.35. The number of nitrogens with zero attached hydrogens (tertiary/aromatic N) is 2. The van der Waals surface area contributed by atoms with Crippen molar-refractivity contribution in [1.82, 2.24) is 4.57 Å². The normalized spacial score (nSPS) is 15.8. The van der Waals surface area contributed by atoms with E-state index in [-0.39, 0.29) is 0 Å². The van der Waals surface area contributed by atoms with Crippen LogP contribution >= 0.6 is 0 Å². The zero-order valence-electron chi connectivity index (χ0n) is 20.0. The van der Waals surface area contributed by atoms with E-state index in [0.29, 0.717) is 23.7 Å². The van der Waals surface area contributed by atoms with E-state index < -0.39 is 0 Å². The molecule has 1 atom stereocenters. The van der Waals surface area contributed by atoms with Gasteiger partial charge >= 0.3 is 0 Å². The molecule has 2 heteroatoms. The summed E-state index contributed by atoms with van der Waals surface area (Å²) in [6.07, 6.45) is 3.46. The van der Waals surface area contributed by atoms with E-state index in [4.69, 9.17) is 0 Å². The lowest BCUT2D eigenvalue weighted by molar-refractivity contribution is -0.607. The second-order valence-corrected chi connectivity index (χ2v) is 10.0. The van der Waals surface area contributed by atoms with Crippen molar-refractivity contribution in [3.63, 3.8) is 0 Å². The van der Waals surface area contributed by atoms with Gasteiger partial charge in [0.2, 0.25) is 0 Å². The van der Waals surface area contributed by atoms with Gasteiger partial charge < -0.3 is 0 Å². The lowest BCUT2D eigenvalue weighted by Crippen LogP contribution is -2.40. The molecule has 0 spiro atoms. The maximum absolute atomic E-state index is 2.50. The Bertz CT molecular complexity index is 1040. The van der Waals surface area contributed by atoms with Crippen LogP contribution in [0.5, 0.6) is 0 Å². The highest BCUT2D eigenvalue weighted by molar-refractivity contribution is 5.53. The first-order valence-electron chi connectivity index (χ1n) is 11.6. The van der Waals surface area contributed by atoms with Crippen LogP contribution in [0.25, 0.3) is 11.4 Å². The van der Waals surface area contributed by atoms with Crippen LogP contribution in [0.15, 0.2) is 42.7 Å². The van der Waals surface area contributed by atoms with Gasteiger partial charge in [-0.25, -0.2) is 0 Å². The molecular weight excluding hydrogens is 364 g/mol. The van der Waals surface area contributed by atoms with Gasteiger partial charge in [-0.3, -0.25) is 0 Å². The Balaban J connectivity index is 2.04. The molecule has 0 aliphatic carbocycles. The minimum absolute atomic E-state index is 0.486. The van der Waals surface area contributed by atoms with E-state index in [1.54, 1.807) is 0 Å². The molecule has 0 saturated heterocycles. The number of benzene rings is 2. The Hall–Kier alpha value is -2.35. The SMILES string of the molecule is Cc1c2[n+](cn1-c1c(C(C)C)cccc1C(C)C)-c1c(C(C)C)cccc1C(C)C2. The van der Waals surface area contributed by atoms with Crippen LogP contribution in [0.4, 0.5) is 0 Å². The van der Waals surface area contributed by atoms with Crippen molar-refractivity contribution in [2.75, 3.05) is 0 Å². The molecule has 2 heterocycles. The summed E-state index contributed by atoms with van der Waals surface area (Å²) >= 11 is 0. The van der Waals surface area contributed by atoms with E-state index in [1.807, 2.05) is 0 Å². The summed E-state index contributed by atoms with van der Waals surface area (Å²) in [5.74, 6) is 2.02. The smallest absolute Gasteiger partial charge is 0.199 e. The Morgan fingerprint density at radius 2 is 1.37 bits per heavy atom. The molecule has 30 heavy (non-hydrogen) atoms. The molecule has 0 fully saturated rings. The molecule has 4 rings (SSSR count). The number of fused-ring (bicyclic) bond motifs is 3. The third-order valence-electron chi connectivity index (χ3n) is 6.88. The Morgan fingerprint density at radius 1 is 0.833 bits per heavy atom. The Labute approximate surface area is 182 Å². The van der Waals surface area contributed by atoms with Crippen LogP contribution in [0.1, 0.15) is 106 Å². The summed E-state index contributed by atoms with van der Waals surface area (Å²) in [7, 11) is 0. The second-order valence-electron chi connectivity index (χ2n) is 10.0. The minimum Gasteiger partial charge on any atom is -0.199 e. The molecule has 3 aromatic rings. The summed E-state index contributed by atoms with van der Waals surface area (Å²) in [5.41, 5.74) is 11.4. The van der Waals surface area contributed by atoms with Gasteiger partial charge in [-0.15, -0.1) is 0 Å². The first-order chi connectivity index (χ1) is 14.2. The summed E-state index contributed by atoms with van der Waals surface area (Å²) < 4.78 is 4.99. The van der Waals surface area contributed by atoms with Gasteiger partial charge in [-0.1, -0.05) is 84.9 Å². The molecule has 0 radical (unpaired) electrons. The third-order valence-corrected chi connectivity index (χ3v) is 6.88. The first kappa shape index (κ1) is 20.9. The van der Waals surface area contributed by atoms with E-state index in [1.165, 1.54) is 45.0 Å². The quantitative estimate of drug-likeness (QED) is 0.413. The largest absolute Gasteiger partial charge is 0.254 e. The second kappa shape index (κ2) is 7.72. The number of hydrogen-bond acceptors (Lipinski definition) is 0. The summed E-state index contributed by atoms with van der Waals surface area (Å²) in [4.78, 5) is 0. The fourth-order valence-corrected chi connectivity index (χ4v) is 5.16. The summed E-state index contributed by atoms with van der Waals surface area (Å²) in [6, 6.07) is 13.7. The molecule has 2 aromatic carbocycles. The Kier molecular flexibility index (Phi) is 5.38. The van der Waals surface area contributed by atoms with E-state index >= 15 is 0 Å². The van der Waals surface area contributed by atoms with Crippen LogP contribution in [0.2, 0.25) is 0 Å². The summed E-state index contributed by atoms with van der Waals surface area (Å²) in [5, 5.41) is 0. The van der Waals surface area contributed by atoms with Gasteiger partial charge in [0, 0.05) is 35.6 Å². The van der Waals surface area contributed by atoms with Crippen LogP contribution in [0.3, 0.4) is 0 Å². The van der Waals surface area contributed by atoms with Crippen molar-refractivity contribution in [3.05, 3.63) is 76.4 Å². The molecule has 0 bridgehead atoms. The predicted octanol–water partition coefficient (Wildman–Crippen LogP) is 7.09. The van der Waals surface area contributed by atoms with Gasteiger partial charge in [0.25, 0.3) is 6.33 Å². The molecule has 158 valence electrons. The van der Waals surface area contributed by atoms with Gasteiger partial charge in [-0.05, 0) is 23.7 Å². The van der Waals surface area contributed by atoms with Crippen LogP contribution in [-0.4, -0.2) is 4.57 Å². The average molecular weight is 402 g/mol. The third kappa shape index (κ3) is 3.21. The number of rotatable bonds is 4. The van der Waals surface area contributed by atoms with Crippen molar-refractivity contribution in [2.45, 2.75) is 85.5 Å². The molecule has 1 aliphatic heterocycles. The maximum Gasteiger partial charge on any atom is 0.254 e. The molecule has 0 N–H and O–H groups in total. The van der Waals surface area contributed by atoms with Gasteiger partial charge in [-0.2, -0.15) is 9.13 Å². The highest BCUT2D eigenvalue weighted by atomic mass is 15.2. The molecule has 1 unspecified atom stereocenters. The lowest BCUT2D eigenvalue weighted by Gasteiger charge is -2.23. The zero-order valence-corrected chi connectivity index (χ0v) is 20.0. The number of aromatic nitrogens is 2. The van der Waals surface area contributed by atoms with Crippen molar-refractivity contribution in [2.24, 2.45) is 0 Å². The monoisotopic (exact) mass is 401 g/mol. The standard InChI is InChI=1S/C28H37N2/c1-17(2)22-11-9-12-23(18(3)4)27(22)29-16-30-26(21(29)8)15-20(7)25-14-10-13-24(19(5)6)28(25)30/h9-14,16-20H,15H2,1-8H3/q+1. The van der Waals surface area contributed by atoms with Crippen molar-refractivity contribution >= 4 is 0 Å². The van der Waals surface area contributed by atoms with E-state index in [9.17, 15) is 0 Å². The first-order valence-corrected chi connectivity index (χ1v) is 11.6. The van der Waals surface area contributed by atoms with Crippen molar-refractivity contribution in [3.8, 4) is 11.4 Å². The maximum atomic E-state index is 2.50. The fourth-order valence-electron chi connectivity index (χ4n) is 5.16. The molecule has 1 aliphatic rings. The lowest BCUT2D eigenvalue weighted by atomic mass is 9.86. The zero-order chi connectivity index (χ0) is 21.7. The highest BCUT2D eigenvalue weighted by Crippen LogP contribution is 2.37. The van der Waals surface area contributed by atoms with E-state index in [0.717, 1.165) is 6.42 Å². The summed E-state index contributed by atoms with van der Waals surface area (Å²) in [6.45, 7) is 18.5. The number of imidazole rings is 1. The van der Waals surface area contributed by atoms with Gasteiger partial charge in [0.15, 0.2) is 5.69 Å².